The van der Waals surface area contributed by atoms with E-state index in [1.165, 1.54) is 0 Å². The minimum atomic E-state index is -4.41. The van der Waals surface area contributed by atoms with Gasteiger partial charge in [0.2, 0.25) is 0 Å². The van der Waals surface area contributed by atoms with Gasteiger partial charge >= 0.3 is 6.18 Å². The van der Waals surface area contributed by atoms with Gasteiger partial charge in [-0.1, -0.05) is 19.9 Å². The topological polar surface area (TPSA) is 67.8 Å². The molecule has 2 rings (SSSR count). The highest BCUT2D eigenvalue weighted by atomic mass is 127. The molecule has 1 heterocycles. The van der Waals surface area contributed by atoms with Crippen molar-refractivity contribution in [2.75, 3.05) is 34.4 Å². The van der Waals surface area contributed by atoms with Crippen LogP contribution in [0.25, 0.3) is 0 Å². The van der Waals surface area contributed by atoms with E-state index in [1.807, 2.05) is 18.2 Å². The molecule has 31 heavy (non-hydrogen) atoms. The highest BCUT2D eigenvalue weighted by Gasteiger charge is 2.33. The van der Waals surface area contributed by atoms with Gasteiger partial charge in [-0.3, -0.25) is 4.99 Å². The molecule has 0 aliphatic rings. The number of halogens is 4. The van der Waals surface area contributed by atoms with Crippen LogP contribution < -0.4 is 20.1 Å². The van der Waals surface area contributed by atoms with Gasteiger partial charge in [0.1, 0.15) is 0 Å². The summed E-state index contributed by atoms with van der Waals surface area (Å²) in [5, 5.41) is 7.83. The normalized spacial score (nSPS) is 12.2. The van der Waals surface area contributed by atoms with Crippen LogP contribution in [-0.4, -0.2) is 45.3 Å². The first kappa shape index (κ1) is 27.3. The molecule has 1 aromatic heterocycles. The number of guanidine groups is 1. The Labute approximate surface area is 201 Å². The van der Waals surface area contributed by atoms with Gasteiger partial charge in [0.15, 0.2) is 23.2 Å². The van der Waals surface area contributed by atoms with Crippen molar-refractivity contribution in [2.24, 2.45) is 4.99 Å². The summed E-state index contributed by atoms with van der Waals surface area (Å²) in [7, 11) is 4.83. The summed E-state index contributed by atoms with van der Waals surface area (Å²) in [6.07, 6.45) is -4.03. The molecule has 11 heteroatoms. The van der Waals surface area contributed by atoms with Gasteiger partial charge in [-0.2, -0.15) is 13.2 Å². The third-order valence-corrected chi connectivity index (χ3v) is 5.47. The van der Waals surface area contributed by atoms with E-state index in [1.54, 1.807) is 21.3 Å². The number of aliphatic imine (C=N–C) groups is 1. The average Bonchev–Trinajstić information content (AvgIpc) is 3.19. The van der Waals surface area contributed by atoms with E-state index >= 15 is 0 Å². The quantitative estimate of drug-likeness (QED) is 0.278. The first-order valence-electron chi connectivity index (χ1n) is 9.29. The molecule has 0 fully saturated rings. The smallest absolute Gasteiger partial charge is 0.434 e. The first-order valence-corrected chi connectivity index (χ1v) is 10.2. The molecule has 1 aromatic carbocycles. The summed E-state index contributed by atoms with van der Waals surface area (Å²) in [4.78, 5) is 7.80. The van der Waals surface area contributed by atoms with Crippen LogP contribution in [0.15, 0.2) is 28.6 Å². The molecule has 0 saturated carbocycles. The van der Waals surface area contributed by atoms with Crippen molar-refractivity contribution < 1.29 is 22.6 Å². The molecule has 174 valence electrons. The fraction of sp³-hybridized carbons (Fsp3) is 0.500. The second kappa shape index (κ2) is 11.7. The van der Waals surface area contributed by atoms with Crippen LogP contribution >= 0.6 is 35.3 Å². The molecule has 0 aliphatic carbocycles. The van der Waals surface area contributed by atoms with Crippen molar-refractivity contribution in [3.8, 4) is 11.5 Å². The van der Waals surface area contributed by atoms with Gasteiger partial charge in [-0.25, -0.2) is 4.98 Å². The van der Waals surface area contributed by atoms with Crippen molar-refractivity contribution in [1.82, 2.24) is 15.6 Å². The Kier molecular flexibility index (Phi) is 10.3. The lowest BCUT2D eigenvalue weighted by Crippen LogP contribution is -2.44. The van der Waals surface area contributed by atoms with Gasteiger partial charge in [0, 0.05) is 37.4 Å². The summed E-state index contributed by atoms with van der Waals surface area (Å²) >= 11 is 1.00. The molecule has 0 spiro atoms. The third-order valence-electron chi connectivity index (χ3n) is 4.56. The highest BCUT2D eigenvalue weighted by molar-refractivity contribution is 14.0. The average molecular weight is 572 g/mol. The SMILES string of the molecule is CN=C(NCCc1nc(C(F)(F)F)cs1)NCC(C)(C)c1ccc(OC)c(OC)c1.I. The van der Waals surface area contributed by atoms with Gasteiger partial charge in [-0.15, -0.1) is 35.3 Å². The Balaban J connectivity index is 0.00000480. The molecule has 0 aliphatic heterocycles. The highest BCUT2D eigenvalue weighted by Crippen LogP contribution is 2.33. The zero-order valence-electron chi connectivity index (χ0n) is 18.1. The number of ether oxygens (including phenoxy) is 2. The number of methoxy groups -OCH3 is 2. The molecular weight excluding hydrogens is 544 g/mol. The van der Waals surface area contributed by atoms with Crippen molar-refractivity contribution >= 4 is 41.3 Å². The number of benzene rings is 1. The van der Waals surface area contributed by atoms with E-state index in [-0.39, 0.29) is 29.4 Å². The van der Waals surface area contributed by atoms with E-state index < -0.39 is 11.9 Å². The molecule has 2 aromatic rings. The molecule has 0 radical (unpaired) electrons. The molecule has 0 bridgehead atoms. The van der Waals surface area contributed by atoms with E-state index in [9.17, 15) is 13.2 Å². The predicted molar refractivity (Wildman–Crippen MR) is 128 cm³/mol. The number of nitrogens with one attached hydrogen (secondary N) is 2. The molecule has 0 saturated heterocycles. The number of aromatic nitrogens is 1. The predicted octanol–water partition coefficient (Wildman–Crippen LogP) is 4.48. The fourth-order valence-corrected chi connectivity index (χ4v) is 3.53. The van der Waals surface area contributed by atoms with Crippen LogP contribution in [0.4, 0.5) is 13.2 Å². The zero-order chi connectivity index (χ0) is 22.4. The molecule has 6 nitrogen and oxygen atoms in total. The largest absolute Gasteiger partial charge is 0.493 e. The molecule has 0 atom stereocenters. The summed E-state index contributed by atoms with van der Waals surface area (Å²) in [5.74, 6) is 1.89. The lowest BCUT2D eigenvalue weighted by Gasteiger charge is -2.27. The Bertz CT molecular complexity index is 872. The zero-order valence-corrected chi connectivity index (χ0v) is 21.2. The monoisotopic (exact) mass is 572 g/mol. The number of hydrogen-bond acceptors (Lipinski definition) is 5. The molecule has 0 amide bonds. The van der Waals surface area contributed by atoms with Crippen molar-refractivity contribution in [3.63, 3.8) is 0 Å². The summed E-state index contributed by atoms with van der Waals surface area (Å²) in [6, 6.07) is 5.80. The molecule has 2 N–H and O–H groups in total. The minimum absolute atomic E-state index is 0. The first-order chi connectivity index (χ1) is 14.1. The Hall–Kier alpha value is -1.76. The number of hydrogen-bond donors (Lipinski definition) is 2. The van der Waals surface area contributed by atoms with Gasteiger partial charge in [0.25, 0.3) is 0 Å². The minimum Gasteiger partial charge on any atom is -0.493 e. The van der Waals surface area contributed by atoms with Gasteiger partial charge in [-0.05, 0) is 17.7 Å². The van der Waals surface area contributed by atoms with Crippen molar-refractivity contribution in [2.45, 2.75) is 31.9 Å². The summed E-state index contributed by atoms with van der Waals surface area (Å²) in [6.45, 7) is 5.17. The fourth-order valence-electron chi connectivity index (χ4n) is 2.73. The van der Waals surface area contributed by atoms with Gasteiger partial charge in [0.05, 0.1) is 19.2 Å². The van der Waals surface area contributed by atoms with Crippen LogP contribution in [0.5, 0.6) is 11.5 Å². The van der Waals surface area contributed by atoms with E-state index in [4.69, 9.17) is 9.47 Å². The number of alkyl halides is 3. The maximum absolute atomic E-state index is 12.6. The van der Waals surface area contributed by atoms with Crippen molar-refractivity contribution in [3.05, 3.63) is 39.8 Å². The maximum atomic E-state index is 12.6. The van der Waals surface area contributed by atoms with Gasteiger partial charge < -0.3 is 20.1 Å². The Morgan fingerprint density at radius 1 is 1.13 bits per heavy atom. The number of nitrogens with zero attached hydrogens (tertiary/aromatic N) is 2. The Morgan fingerprint density at radius 2 is 1.81 bits per heavy atom. The van der Waals surface area contributed by atoms with Crippen LogP contribution in [0.3, 0.4) is 0 Å². The number of rotatable bonds is 8. The second-order valence-electron chi connectivity index (χ2n) is 7.18. The van der Waals surface area contributed by atoms with Crippen molar-refractivity contribution in [1.29, 1.82) is 0 Å². The Morgan fingerprint density at radius 3 is 2.35 bits per heavy atom. The van der Waals surface area contributed by atoms with Crippen LogP contribution in [0.2, 0.25) is 0 Å². The summed E-state index contributed by atoms with van der Waals surface area (Å²) < 4.78 is 48.6. The van der Waals surface area contributed by atoms with E-state index in [0.717, 1.165) is 22.3 Å². The third kappa shape index (κ3) is 7.70. The maximum Gasteiger partial charge on any atom is 0.434 e. The lowest BCUT2D eigenvalue weighted by atomic mass is 9.84. The van der Waals surface area contributed by atoms with E-state index in [2.05, 4.69) is 34.5 Å². The van der Waals surface area contributed by atoms with E-state index in [0.29, 0.717) is 42.0 Å². The number of thiazole rings is 1. The van der Waals surface area contributed by atoms with Crippen LogP contribution in [0.1, 0.15) is 30.1 Å². The second-order valence-corrected chi connectivity index (χ2v) is 8.12. The molecular formula is C20H28F3IN4O2S. The van der Waals surface area contributed by atoms with Crippen LogP contribution in [0, 0.1) is 0 Å². The standard InChI is InChI=1S/C20H27F3N4O2S.HI/c1-19(2,13-6-7-14(28-4)15(10-13)29-5)12-26-18(24-3)25-9-8-17-27-16(11-30-17)20(21,22)23;/h6-7,10-11H,8-9,12H2,1-5H3,(H2,24,25,26);1H. The molecule has 0 unspecified atom stereocenters. The lowest BCUT2D eigenvalue weighted by molar-refractivity contribution is -0.140. The summed E-state index contributed by atoms with van der Waals surface area (Å²) in [5.41, 5.74) is -0.0269. The van der Waals surface area contributed by atoms with Crippen LogP contribution in [-0.2, 0) is 18.0 Å².